The molecule has 0 radical (unpaired) electrons. The smallest absolute Gasteiger partial charge is 0.266 e. The van der Waals surface area contributed by atoms with E-state index < -0.39 is 0 Å². The van der Waals surface area contributed by atoms with Crippen molar-refractivity contribution in [2.75, 3.05) is 18.4 Å². The molecule has 1 aliphatic heterocycles. The average molecular weight is 358 g/mol. The molecule has 2 aromatic rings. The van der Waals surface area contributed by atoms with Crippen molar-refractivity contribution in [3.63, 3.8) is 0 Å². The number of carbonyl (C=O) groups is 1. The van der Waals surface area contributed by atoms with Gasteiger partial charge in [-0.05, 0) is 51.5 Å². The molecule has 0 spiro atoms. The summed E-state index contributed by atoms with van der Waals surface area (Å²) in [7, 11) is 0. The Labute approximate surface area is 154 Å². The third-order valence-electron chi connectivity index (χ3n) is 4.82. The van der Waals surface area contributed by atoms with Crippen LogP contribution in [0, 0.1) is 6.92 Å². The molecule has 1 atom stereocenters. The second-order valence-corrected chi connectivity index (χ2v) is 7.64. The minimum absolute atomic E-state index is 0.164. The van der Waals surface area contributed by atoms with E-state index in [9.17, 15) is 4.79 Å². The van der Waals surface area contributed by atoms with E-state index in [0.717, 1.165) is 54.5 Å². The third kappa shape index (κ3) is 4.40. The number of rotatable bonds is 6. The molecular weight excluding hydrogens is 330 g/mol. The number of aryl methyl sites for hydroxylation is 2. The molecule has 1 aliphatic rings. The lowest BCUT2D eigenvalue weighted by atomic mass is 9.95. The van der Waals surface area contributed by atoms with Crippen molar-refractivity contribution in [3.05, 3.63) is 46.5 Å². The van der Waals surface area contributed by atoms with Crippen molar-refractivity contribution in [1.82, 2.24) is 9.88 Å². The lowest BCUT2D eigenvalue weighted by molar-refractivity contribution is 0.0606. The molecule has 4 nitrogen and oxygen atoms in total. The van der Waals surface area contributed by atoms with Gasteiger partial charge in [-0.2, -0.15) is 0 Å². The first-order valence-corrected chi connectivity index (χ1v) is 10.1. The van der Waals surface area contributed by atoms with Gasteiger partial charge in [0.2, 0.25) is 0 Å². The van der Waals surface area contributed by atoms with Gasteiger partial charge in [0.25, 0.3) is 5.91 Å². The second-order valence-electron chi connectivity index (χ2n) is 6.64. The van der Waals surface area contributed by atoms with Crippen molar-refractivity contribution in [3.8, 4) is 0 Å². The van der Waals surface area contributed by atoms with Gasteiger partial charge in [0.1, 0.15) is 4.88 Å². The third-order valence-corrected chi connectivity index (χ3v) is 5.92. The largest absolute Gasteiger partial charge is 0.362 e. The van der Waals surface area contributed by atoms with Gasteiger partial charge in [-0.25, -0.2) is 4.98 Å². The summed E-state index contributed by atoms with van der Waals surface area (Å²) in [6, 6.07) is 10.9. The minimum atomic E-state index is 0.164. The number of piperidine rings is 1. The monoisotopic (exact) mass is 357 g/mol. The Kier molecular flexibility index (Phi) is 6.08. The maximum atomic E-state index is 13.1. The fourth-order valence-corrected chi connectivity index (χ4v) is 4.49. The Morgan fingerprint density at radius 2 is 2.12 bits per heavy atom. The van der Waals surface area contributed by atoms with Gasteiger partial charge in [-0.15, -0.1) is 0 Å². The van der Waals surface area contributed by atoms with Crippen molar-refractivity contribution >= 4 is 22.4 Å². The molecule has 134 valence electrons. The number of hydrogen-bond donors (Lipinski definition) is 1. The highest BCUT2D eigenvalue weighted by Crippen LogP contribution is 2.28. The van der Waals surface area contributed by atoms with Crippen LogP contribution in [0.3, 0.4) is 0 Å². The number of hydrogen-bond acceptors (Lipinski definition) is 4. The summed E-state index contributed by atoms with van der Waals surface area (Å²) in [5.41, 5.74) is 2.20. The van der Waals surface area contributed by atoms with E-state index in [2.05, 4.69) is 45.5 Å². The Morgan fingerprint density at radius 1 is 1.32 bits per heavy atom. The molecular formula is C20H27N3OS. The van der Waals surface area contributed by atoms with Crippen LogP contribution in [-0.4, -0.2) is 34.9 Å². The van der Waals surface area contributed by atoms with Crippen LogP contribution in [0.1, 0.15) is 53.5 Å². The Hall–Kier alpha value is -1.88. The maximum absolute atomic E-state index is 13.1. The summed E-state index contributed by atoms with van der Waals surface area (Å²) in [5.74, 6) is 0.164. The molecule has 1 amide bonds. The first-order chi connectivity index (χ1) is 12.2. The van der Waals surface area contributed by atoms with E-state index in [-0.39, 0.29) is 5.91 Å². The number of carbonyl (C=O) groups excluding carboxylic acids is 1. The summed E-state index contributed by atoms with van der Waals surface area (Å²) < 4.78 is 0. The zero-order chi connectivity index (χ0) is 17.6. The zero-order valence-electron chi connectivity index (χ0n) is 15.1. The van der Waals surface area contributed by atoms with Crippen molar-refractivity contribution in [2.45, 2.75) is 52.0 Å². The van der Waals surface area contributed by atoms with Crippen molar-refractivity contribution in [1.29, 1.82) is 0 Å². The van der Waals surface area contributed by atoms with Gasteiger partial charge in [0, 0.05) is 19.1 Å². The van der Waals surface area contributed by atoms with E-state index in [0.29, 0.717) is 6.04 Å². The molecule has 1 saturated heterocycles. The molecule has 0 unspecified atom stereocenters. The zero-order valence-corrected chi connectivity index (χ0v) is 15.9. The highest BCUT2D eigenvalue weighted by molar-refractivity contribution is 7.17. The van der Waals surface area contributed by atoms with Crippen LogP contribution in [0.25, 0.3) is 0 Å². The maximum Gasteiger partial charge on any atom is 0.266 e. The SMILES string of the molecule is CCNc1nc(C)c(C(=O)N2CCCC[C@@H]2CCc2ccccc2)s1. The number of nitrogens with one attached hydrogen (secondary N) is 1. The topological polar surface area (TPSA) is 45.2 Å². The fraction of sp³-hybridized carbons (Fsp3) is 0.500. The summed E-state index contributed by atoms with van der Waals surface area (Å²) in [6.45, 7) is 5.67. The highest BCUT2D eigenvalue weighted by atomic mass is 32.1. The van der Waals surface area contributed by atoms with E-state index in [1.165, 1.54) is 23.3 Å². The number of nitrogens with zero attached hydrogens (tertiary/aromatic N) is 2. The Balaban J connectivity index is 1.70. The van der Waals surface area contributed by atoms with Crippen molar-refractivity contribution < 1.29 is 4.79 Å². The summed E-state index contributed by atoms with van der Waals surface area (Å²) in [6.07, 6.45) is 5.49. The normalized spacial score (nSPS) is 17.5. The first kappa shape index (κ1) is 17.9. The van der Waals surface area contributed by atoms with Crippen LogP contribution in [-0.2, 0) is 6.42 Å². The second kappa shape index (κ2) is 8.48. The molecule has 0 bridgehead atoms. The van der Waals surface area contributed by atoms with Gasteiger partial charge in [-0.1, -0.05) is 41.7 Å². The summed E-state index contributed by atoms with van der Waals surface area (Å²) >= 11 is 1.49. The van der Waals surface area contributed by atoms with Crippen LogP contribution in [0.5, 0.6) is 0 Å². The Bertz CT molecular complexity index is 698. The summed E-state index contributed by atoms with van der Waals surface area (Å²) in [4.78, 5) is 20.5. The van der Waals surface area contributed by atoms with Crippen LogP contribution in [0.2, 0.25) is 0 Å². The van der Waals surface area contributed by atoms with Crippen molar-refractivity contribution in [2.24, 2.45) is 0 Å². The van der Waals surface area contributed by atoms with Gasteiger partial charge in [-0.3, -0.25) is 4.79 Å². The van der Waals surface area contributed by atoms with Crippen LogP contribution >= 0.6 is 11.3 Å². The molecule has 25 heavy (non-hydrogen) atoms. The van der Waals surface area contributed by atoms with Crippen LogP contribution in [0.4, 0.5) is 5.13 Å². The van der Waals surface area contributed by atoms with Gasteiger partial charge < -0.3 is 10.2 Å². The lowest BCUT2D eigenvalue weighted by Crippen LogP contribution is -2.43. The summed E-state index contributed by atoms with van der Waals surface area (Å²) in [5, 5.41) is 4.07. The number of thiazole rings is 1. The first-order valence-electron chi connectivity index (χ1n) is 9.25. The quantitative estimate of drug-likeness (QED) is 0.827. The number of aromatic nitrogens is 1. The lowest BCUT2D eigenvalue weighted by Gasteiger charge is -2.35. The fourth-order valence-electron chi connectivity index (χ4n) is 3.50. The molecule has 2 heterocycles. The molecule has 1 N–H and O–H groups in total. The van der Waals surface area contributed by atoms with Gasteiger partial charge >= 0.3 is 0 Å². The molecule has 0 aliphatic carbocycles. The standard InChI is InChI=1S/C20H27N3OS/c1-3-21-20-22-15(2)18(25-20)19(24)23-14-8-7-11-17(23)13-12-16-9-5-4-6-10-16/h4-6,9-10,17H,3,7-8,11-14H2,1-2H3,(H,21,22)/t17-/m1/s1. The molecule has 0 saturated carbocycles. The highest BCUT2D eigenvalue weighted by Gasteiger charge is 2.29. The van der Waals surface area contributed by atoms with Gasteiger partial charge in [0.15, 0.2) is 5.13 Å². The molecule has 3 rings (SSSR count). The number of amides is 1. The van der Waals surface area contributed by atoms with E-state index in [1.807, 2.05) is 13.8 Å². The predicted octanol–water partition coefficient (Wildman–Crippen LogP) is 4.51. The van der Waals surface area contributed by atoms with E-state index in [1.54, 1.807) is 0 Å². The average Bonchev–Trinajstić information content (AvgIpc) is 3.01. The molecule has 1 fully saturated rings. The molecule has 5 heteroatoms. The minimum Gasteiger partial charge on any atom is -0.362 e. The molecule has 1 aromatic heterocycles. The predicted molar refractivity (Wildman–Crippen MR) is 104 cm³/mol. The van der Waals surface area contributed by atoms with E-state index in [4.69, 9.17) is 0 Å². The number of anilines is 1. The van der Waals surface area contributed by atoms with Crippen LogP contribution < -0.4 is 5.32 Å². The Morgan fingerprint density at radius 3 is 2.88 bits per heavy atom. The van der Waals surface area contributed by atoms with E-state index >= 15 is 0 Å². The molecule has 1 aromatic carbocycles. The van der Waals surface area contributed by atoms with Crippen LogP contribution in [0.15, 0.2) is 30.3 Å². The number of likely N-dealkylation sites (tertiary alicyclic amines) is 1. The number of benzene rings is 1. The van der Waals surface area contributed by atoms with Gasteiger partial charge in [0.05, 0.1) is 5.69 Å².